The third-order valence-corrected chi connectivity index (χ3v) is 2.92. The van der Waals surface area contributed by atoms with E-state index in [9.17, 15) is 4.79 Å². The van der Waals surface area contributed by atoms with Crippen molar-refractivity contribution in [3.8, 4) is 0 Å². The second-order valence-electron chi connectivity index (χ2n) is 3.75. The van der Waals surface area contributed by atoms with E-state index in [4.69, 9.17) is 23.2 Å². The molecular formula is C13H10Cl2N2O. The number of carbonyl (C=O) groups is 1. The number of rotatable bonds is 2. The van der Waals surface area contributed by atoms with Gasteiger partial charge in [-0.25, -0.2) is 4.98 Å². The minimum absolute atomic E-state index is 0.246. The van der Waals surface area contributed by atoms with Gasteiger partial charge in [0.2, 0.25) is 0 Å². The number of nitrogens with zero attached hydrogens (tertiary/aromatic N) is 1. The van der Waals surface area contributed by atoms with Crippen LogP contribution in [0.1, 0.15) is 15.9 Å². The van der Waals surface area contributed by atoms with Crippen LogP contribution in [0.5, 0.6) is 0 Å². The molecule has 1 aromatic heterocycles. The lowest BCUT2D eigenvalue weighted by molar-refractivity contribution is 0.102. The van der Waals surface area contributed by atoms with E-state index in [1.54, 1.807) is 12.1 Å². The molecule has 0 atom stereocenters. The fraction of sp³-hybridized carbons (Fsp3) is 0.0769. The Balaban J connectivity index is 2.24. The van der Waals surface area contributed by atoms with Gasteiger partial charge in [0, 0.05) is 11.8 Å². The number of aryl methyl sites for hydroxylation is 1. The highest BCUT2D eigenvalue weighted by atomic mass is 35.5. The Morgan fingerprint density at radius 2 is 2.00 bits per heavy atom. The predicted octanol–water partition coefficient (Wildman–Crippen LogP) is 3.95. The summed E-state index contributed by atoms with van der Waals surface area (Å²) in [7, 11) is 0. The quantitative estimate of drug-likeness (QED) is 0.905. The number of amides is 1. The molecule has 0 radical (unpaired) electrons. The molecule has 0 spiro atoms. The number of hydrogen-bond donors (Lipinski definition) is 1. The maximum absolute atomic E-state index is 12.0. The van der Waals surface area contributed by atoms with Crippen LogP contribution in [0.3, 0.4) is 0 Å². The van der Waals surface area contributed by atoms with E-state index in [-0.39, 0.29) is 5.91 Å². The lowest BCUT2D eigenvalue weighted by atomic mass is 10.1. The topological polar surface area (TPSA) is 42.0 Å². The fourth-order valence-corrected chi connectivity index (χ4v) is 1.94. The van der Waals surface area contributed by atoms with E-state index in [0.717, 1.165) is 5.56 Å². The molecule has 2 aromatic rings. The van der Waals surface area contributed by atoms with E-state index in [1.807, 2.05) is 19.1 Å². The maximum Gasteiger partial charge on any atom is 0.257 e. The summed E-state index contributed by atoms with van der Waals surface area (Å²) in [5.74, 6) is 0.0548. The second-order valence-corrected chi connectivity index (χ2v) is 4.60. The third-order valence-electron chi connectivity index (χ3n) is 2.43. The highest BCUT2D eigenvalue weighted by Gasteiger charge is 2.11. The minimum Gasteiger partial charge on any atom is -0.305 e. The van der Waals surface area contributed by atoms with Crippen molar-refractivity contribution in [2.45, 2.75) is 6.92 Å². The molecule has 0 saturated heterocycles. The molecule has 18 heavy (non-hydrogen) atoms. The van der Waals surface area contributed by atoms with Crippen molar-refractivity contribution in [1.29, 1.82) is 0 Å². The molecule has 1 aromatic carbocycles. The number of halogens is 2. The summed E-state index contributed by atoms with van der Waals surface area (Å²) in [6.45, 7) is 1.87. The molecule has 2 rings (SSSR count). The van der Waals surface area contributed by atoms with E-state index in [2.05, 4.69) is 10.3 Å². The smallest absolute Gasteiger partial charge is 0.257 e. The summed E-state index contributed by atoms with van der Waals surface area (Å²) in [5, 5.41) is 3.39. The minimum atomic E-state index is -0.246. The summed E-state index contributed by atoms with van der Waals surface area (Å²) in [4.78, 5) is 16.0. The highest BCUT2D eigenvalue weighted by Crippen LogP contribution is 2.23. The van der Waals surface area contributed by atoms with Crippen molar-refractivity contribution < 1.29 is 4.79 Å². The largest absolute Gasteiger partial charge is 0.305 e. The van der Waals surface area contributed by atoms with Crippen LogP contribution in [-0.4, -0.2) is 10.9 Å². The molecule has 0 aliphatic heterocycles. The summed E-state index contributed by atoms with van der Waals surface area (Å²) >= 11 is 11.7. The molecule has 5 heteroatoms. The van der Waals surface area contributed by atoms with Gasteiger partial charge >= 0.3 is 0 Å². The Hall–Kier alpha value is -1.58. The molecule has 3 nitrogen and oxygen atoms in total. The standard InChI is InChI=1S/C13H10Cl2N2O/c1-8-4-2-3-5-10(8)13(18)17-12-11(15)6-9(14)7-16-12/h2-7H,1H3,(H,16,17,18). The molecule has 1 N–H and O–H groups in total. The zero-order valence-electron chi connectivity index (χ0n) is 9.58. The van der Waals surface area contributed by atoms with Crippen LogP contribution in [0, 0.1) is 6.92 Å². The Morgan fingerprint density at radius 3 is 2.67 bits per heavy atom. The van der Waals surface area contributed by atoms with Crippen LogP contribution in [0.15, 0.2) is 36.5 Å². The Kier molecular flexibility index (Phi) is 3.84. The molecule has 0 saturated carbocycles. The van der Waals surface area contributed by atoms with E-state index >= 15 is 0 Å². The SMILES string of the molecule is Cc1ccccc1C(=O)Nc1ncc(Cl)cc1Cl. The average molecular weight is 281 g/mol. The zero-order valence-corrected chi connectivity index (χ0v) is 11.1. The predicted molar refractivity (Wildman–Crippen MR) is 73.4 cm³/mol. The van der Waals surface area contributed by atoms with Crippen LogP contribution < -0.4 is 5.32 Å². The van der Waals surface area contributed by atoms with E-state index in [0.29, 0.717) is 21.4 Å². The van der Waals surface area contributed by atoms with Gasteiger partial charge in [0.15, 0.2) is 5.82 Å². The third kappa shape index (κ3) is 2.81. The number of aromatic nitrogens is 1. The van der Waals surface area contributed by atoms with Gasteiger partial charge in [-0.15, -0.1) is 0 Å². The monoisotopic (exact) mass is 280 g/mol. The summed E-state index contributed by atoms with van der Waals surface area (Å²) < 4.78 is 0. The Morgan fingerprint density at radius 1 is 1.28 bits per heavy atom. The number of hydrogen-bond acceptors (Lipinski definition) is 2. The van der Waals surface area contributed by atoms with Crippen LogP contribution in [-0.2, 0) is 0 Å². The van der Waals surface area contributed by atoms with Crippen molar-refractivity contribution in [3.05, 3.63) is 57.7 Å². The molecule has 1 heterocycles. The van der Waals surface area contributed by atoms with Crippen molar-refractivity contribution >= 4 is 34.9 Å². The number of anilines is 1. The summed E-state index contributed by atoms with van der Waals surface area (Å²) in [6.07, 6.45) is 1.43. The first-order valence-electron chi connectivity index (χ1n) is 5.26. The Labute approximate surface area is 115 Å². The number of carbonyl (C=O) groups excluding carboxylic acids is 1. The van der Waals surface area contributed by atoms with E-state index in [1.165, 1.54) is 12.3 Å². The molecule has 0 bridgehead atoms. The van der Waals surface area contributed by atoms with Crippen LogP contribution in [0.2, 0.25) is 10.0 Å². The van der Waals surface area contributed by atoms with Gasteiger partial charge in [-0.2, -0.15) is 0 Å². The van der Waals surface area contributed by atoms with Crippen molar-refractivity contribution in [2.75, 3.05) is 5.32 Å². The van der Waals surface area contributed by atoms with Crippen molar-refractivity contribution in [2.24, 2.45) is 0 Å². The molecule has 0 fully saturated rings. The van der Waals surface area contributed by atoms with Crippen molar-refractivity contribution in [3.63, 3.8) is 0 Å². The van der Waals surface area contributed by atoms with Gasteiger partial charge in [-0.05, 0) is 24.6 Å². The second kappa shape index (κ2) is 5.38. The van der Waals surface area contributed by atoms with Gasteiger partial charge in [-0.1, -0.05) is 41.4 Å². The number of benzene rings is 1. The molecule has 1 amide bonds. The van der Waals surface area contributed by atoms with Gasteiger partial charge in [-0.3, -0.25) is 4.79 Å². The Bertz CT molecular complexity index is 599. The number of nitrogens with one attached hydrogen (secondary N) is 1. The lowest BCUT2D eigenvalue weighted by Crippen LogP contribution is -2.14. The first kappa shape index (κ1) is 12.9. The first-order valence-corrected chi connectivity index (χ1v) is 6.01. The summed E-state index contributed by atoms with van der Waals surface area (Å²) in [6, 6.07) is 8.82. The highest BCUT2D eigenvalue weighted by molar-refractivity contribution is 6.36. The maximum atomic E-state index is 12.0. The van der Waals surface area contributed by atoms with Crippen molar-refractivity contribution in [1.82, 2.24) is 4.98 Å². The number of pyridine rings is 1. The lowest BCUT2D eigenvalue weighted by Gasteiger charge is -2.08. The van der Waals surface area contributed by atoms with Crippen LogP contribution >= 0.6 is 23.2 Å². The van der Waals surface area contributed by atoms with Gasteiger partial charge < -0.3 is 5.32 Å². The molecule has 0 unspecified atom stereocenters. The first-order chi connectivity index (χ1) is 8.58. The van der Waals surface area contributed by atoms with Gasteiger partial charge in [0.05, 0.1) is 10.0 Å². The van der Waals surface area contributed by atoms with Crippen LogP contribution in [0.25, 0.3) is 0 Å². The molecule has 0 aliphatic rings. The molecular weight excluding hydrogens is 271 g/mol. The average Bonchev–Trinajstić information content (AvgIpc) is 2.33. The zero-order chi connectivity index (χ0) is 13.1. The fourth-order valence-electron chi connectivity index (χ4n) is 1.51. The van der Waals surface area contributed by atoms with Gasteiger partial charge in [0.1, 0.15) is 0 Å². The molecule has 92 valence electrons. The van der Waals surface area contributed by atoms with Gasteiger partial charge in [0.25, 0.3) is 5.91 Å². The normalized spacial score (nSPS) is 10.2. The summed E-state index contributed by atoms with van der Waals surface area (Å²) in [5.41, 5.74) is 1.48. The van der Waals surface area contributed by atoms with E-state index < -0.39 is 0 Å². The molecule has 0 aliphatic carbocycles. The van der Waals surface area contributed by atoms with Crippen LogP contribution in [0.4, 0.5) is 5.82 Å².